The third-order valence-corrected chi connectivity index (χ3v) is 3.54. The van der Waals surface area contributed by atoms with Crippen molar-refractivity contribution in [3.05, 3.63) is 24.3 Å². The molecule has 0 spiro atoms. The monoisotopic (exact) mass is 245 g/mol. The maximum atomic E-state index is 5.82. The number of hydrogen-bond donors (Lipinski definition) is 1. The van der Waals surface area contributed by atoms with Crippen molar-refractivity contribution in [2.24, 2.45) is 0 Å². The zero-order chi connectivity index (χ0) is 12.4. The van der Waals surface area contributed by atoms with Crippen molar-refractivity contribution in [3.63, 3.8) is 0 Å². The van der Waals surface area contributed by atoms with Gasteiger partial charge in [0.1, 0.15) is 5.52 Å². The number of para-hydroxylation sites is 2. The first-order chi connectivity index (χ1) is 8.86. The van der Waals surface area contributed by atoms with E-state index in [9.17, 15) is 0 Å². The average Bonchev–Trinajstić information content (AvgIpc) is 3.04. The van der Waals surface area contributed by atoms with Gasteiger partial charge >= 0.3 is 0 Å². The van der Waals surface area contributed by atoms with Gasteiger partial charge in [0.2, 0.25) is 0 Å². The van der Waals surface area contributed by atoms with Gasteiger partial charge in [-0.2, -0.15) is 4.98 Å². The molecule has 0 amide bonds. The van der Waals surface area contributed by atoms with E-state index in [-0.39, 0.29) is 0 Å². The van der Waals surface area contributed by atoms with E-state index < -0.39 is 0 Å². The molecule has 4 heteroatoms. The SMILES string of the molecule is CCN(CC1CCCN1)c1nc2ccccc2o1. The van der Waals surface area contributed by atoms with Gasteiger partial charge in [0.25, 0.3) is 6.01 Å². The minimum Gasteiger partial charge on any atom is -0.423 e. The van der Waals surface area contributed by atoms with E-state index in [4.69, 9.17) is 4.42 Å². The fourth-order valence-corrected chi connectivity index (χ4v) is 2.52. The Balaban J connectivity index is 1.81. The molecule has 96 valence electrons. The van der Waals surface area contributed by atoms with Crippen LogP contribution in [0.25, 0.3) is 11.1 Å². The molecule has 1 saturated heterocycles. The second-order valence-corrected chi connectivity index (χ2v) is 4.80. The van der Waals surface area contributed by atoms with Crippen LogP contribution in [0.15, 0.2) is 28.7 Å². The molecule has 0 bridgehead atoms. The van der Waals surface area contributed by atoms with Crippen LogP contribution in [0.4, 0.5) is 6.01 Å². The van der Waals surface area contributed by atoms with E-state index in [0.717, 1.165) is 36.7 Å². The number of likely N-dealkylation sites (N-methyl/N-ethyl adjacent to an activating group) is 1. The summed E-state index contributed by atoms with van der Waals surface area (Å²) in [7, 11) is 0. The van der Waals surface area contributed by atoms with E-state index in [2.05, 4.69) is 22.1 Å². The van der Waals surface area contributed by atoms with Crippen LogP contribution in [-0.4, -0.2) is 30.7 Å². The third kappa shape index (κ3) is 2.20. The molecule has 1 aromatic carbocycles. The Morgan fingerprint density at radius 2 is 2.33 bits per heavy atom. The molecular formula is C14H19N3O. The fourth-order valence-electron chi connectivity index (χ4n) is 2.52. The molecule has 18 heavy (non-hydrogen) atoms. The quantitative estimate of drug-likeness (QED) is 0.898. The molecule has 1 aliphatic rings. The van der Waals surface area contributed by atoms with Crippen LogP contribution >= 0.6 is 0 Å². The Morgan fingerprint density at radius 3 is 3.06 bits per heavy atom. The van der Waals surface area contributed by atoms with Crippen molar-refractivity contribution in [2.75, 3.05) is 24.5 Å². The Hall–Kier alpha value is -1.55. The van der Waals surface area contributed by atoms with Gasteiger partial charge in [-0.3, -0.25) is 0 Å². The van der Waals surface area contributed by atoms with E-state index in [1.165, 1.54) is 12.8 Å². The first-order valence-corrected chi connectivity index (χ1v) is 6.70. The molecule has 1 unspecified atom stereocenters. The molecule has 1 aliphatic heterocycles. The number of rotatable bonds is 4. The molecule has 2 aromatic rings. The van der Waals surface area contributed by atoms with Crippen LogP contribution in [0.3, 0.4) is 0 Å². The molecule has 3 rings (SSSR count). The van der Waals surface area contributed by atoms with Gasteiger partial charge in [0, 0.05) is 19.1 Å². The smallest absolute Gasteiger partial charge is 0.298 e. The van der Waals surface area contributed by atoms with Gasteiger partial charge < -0.3 is 14.6 Å². The van der Waals surface area contributed by atoms with Gasteiger partial charge in [-0.05, 0) is 38.4 Å². The summed E-state index contributed by atoms with van der Waals surface area (Å²) < 4.78 is 5.82. The number of fused-ring (bicyclic) bond motifs is 1. The zero-order valence-electron chi connectivity index (χ0n) is 10.7. The number of hydrogen-bond acceptors (Lipinski definition) is 4. The molecule has 1 N–H and O–H groups in total. The molecule has 4 nitrogen and oxygen atoms in total. The van der Waals surface area contributed by atoms with Gasteiger partial charge in [0.15, 0.2) is 5.58 Å². The van der Waals surface area contributed by atoms with Crippen LogP contribution in [0, 0.1) is 0 Å². The predicted molar refractivity (Wildman–Crippen MR) is 72.9 cm³/mol. The number of aromatic nitrogens is 1. The van der Waals surface area contributed by atoms with Crippen molar-refractivity contribution >= 4 is 17.1 Å². The highest BCUT2D eigenvalue weighted by atomic mass is 16.4. The first-order valence-electron chi connectivity index (χ1n) is 6.70. The van der Waals surface area contributed by atoms with Crippen molar-refractivity contribution in [3.8, 4) is 0 Å². The molecule has 0 saturated carbocycles. The van der Waals surface area contributed by atoms with Crippen LogP contribution < -0.4 is 10.2 Å². The van der Waals surface area contributed by atoms with Gasteiger partial charge in [-0.15, -0.1) is 0 Å². The summed E-state index contributed by atoms with van der Waals surface area (Å²) in [5.74, 6) is 0. The number of nitrogens with one attached hydrogen (secondary N) is 1. The lowest BCUT2D eigenvalue weighted by atomic mass is 10.2. The summed E-state index contributed by atoms with van der Waals surface area (Å²) in [4.78, 5) is 6.77. The average molecular weight is 245 g/mol. The standard InChI is InChI=1S/C14H19N3O/c1-2-17(10-11-6-5-9-15-11)14-16-12-7-3-4-8-13(12)18-14/h3-4,7-8,11,15H,2,5-6,9-10H2,1H3. The van der Waals surface area contributed by atoms with Crippen LogP contribution in [0.1, 0.15) is 19.8 Å². The minimum absolute atomic E-state index is 0.569. The Morgan fingerprint density at radius 1 is 1.44 bits per heavy atom. The molecule has 1 fully saturated rings. The summed E-state index contributed by atoms with van der Waals surface area (Å²) in [5, 5.41) is 3.51. The van der Waals surface area contributed by atoms with Crippen molar-refractivity contribution in [1.29, 1.82) is 0 Å². The summed E-state index contributed by atoms with van der Waals surface area (Å²) in [6, 6.07) is 9.24. The van der Waals surface area contributed by atoms with Crippen molar-refractivity contribution in [2.45, 2.75) is 25.8 Å². The number of oxazole rings is 1. The fraction of sp³-hybridized carbons (Fsp3) is 0.500. The highest BCUT2D eigenvalue weighted by Gasteiger charge is 2.20. The lowest BCUT2D eigenvalue weighted by molar-refractivity contribution is 0.527. The van der Waals surface area contributed by atoms with Gasteiger partial charge in [-0.25, -0.2) is 0 Å². The topological polar surface area (TPSA) is 41.3 Å². The predicted octanol–water partition coefficient (Wildman–Crippen LogP) is 2.41. The van der Waals surface area contributed by atoms with Gasteiger partial charge in [0.05, 0.1) is 0 Å². The zero-order valence-corrected chi connectivity index (χ0v) is 10.7. The van der Waals surface area contributed by atoms with Crippen LogP contribution in [0.2, 0.25) is 0 Å². The molecule has 0 aliphatic carbocycles. The van der Waals surface area contributed by atoms with Gasteiger partial charge in [-0.1, -0.05) is 12.1 Å². The number of anilines is 1. The van der Waals surface area contributed by atoms with Crippen LogP contribution in [-0.2, 0) is 0 Å². The maximum absolute atomic E-state index is 5.82. The largest absolute Gasteiger partial charge is 0.423 e. The van der Waals surface area contributed by atoms with Crippen LogP contribution in [0.5, 0.6) is 0 Å². The summed E-state index contributed by atoms with van der Waals surface area (Å²) >= 11 is 0. The van der Waals surface area contributed by atoms with E-state index >= 15 is 0 Å². The Bertz CT molecular complexity index is 483. The number of benzene rings is 1. The molecule has 0 radical (unpaired) electrons. The number of nitrogens with zero attached hydrogens (tertiary/aromatic N) is 2. The summed E-state index contributed by atoms with van der Waals surface area (Å²) in [6.45, 7) is 5.17. The summed E-state index contributed by atoms with van der Waals surface area (Å²) in [6.07, 6.45) is 2.52. The van der Waals surface area contributed by atoms with E-state index in [1.807, 2.05) is 24.3 Å². The second-order valence-electron chi connectivity index (χ2n) is 4.80. The Kier molecular flexibility index (Phi) is 3.19. The van der Waals surface area contributed by atoms with Crippen molar-refractivity contribution < 1.29 is 4.42 Å². The maximum Gasteiger partial charge on any atom is 0.298 e. The van der Waals surface area contributed by atoms with Crippen molar-refractivity contribution in [1.82, 2.24) is 10.3 Å². The lowest BCUT2D eigenvalue weighted by Gasteiger charge is -2.22. The highest BCUT2D eigenvalue weighted by molar-refractivity contribution is 5.74. The molecule has 2 heterocycles. The Labute approximate surface area is 107 Å². The van der Waals surface area contributed by atoms with E-state index in [0.29, 0.717) is 6.04 Å². The molecular weight excluding hydrogens is 226 g/mol. The third-order valence-electron chi connectivity index (χ3n) is 3.54. The minimum atomic E-state index is 0.569. The molecule has 1 atom stereocenters. The first kappa shape index (κ1) is 11.5. The normalized spacial score (nSPS) is 19.5. The summed E-state index contributed by atoms with van der Waals surface area (Å²) in [5.41, 5.74) is 1.80. The molecule has 1 aromatic heterocycles. The highest BCUT2D eigenvalue weighted by Crippen LogP contribution is 2.22. The van der Waals surface area contributed by atoms with E-state index in [1.54, 1.807) is 0 Å². The second kappa shape index (κ2) is 4.98. The lowest BCUT2D eigenvalue weighted by Crippen LogP contribution is -2.37.